The van der Waals surface area contributed by atoms with E-state index in [-0.39, 0.29) is 30.0 Å². The Morgan fingerprint density at radius 3 is 2.72 bits per heavy atom. The Bertz CT molecular complexity index is 640. The third-order valence-corrected chi connectivity index (χ3v) is 5.26. The van der Waals surface area contributed by atoms with Crippen LogP contribution in [0.2, 0.25) is 0 Å². The van der Waals surface area contributed by atoms with Gasteiger partial charge in [-0.2, -0.15) is 0 Å². The van der Waals surface area contributed by atoms with Crippen molar-refractivity contribution >= 4 is 11.8 Å². The zero-order chi connectivity index (χ0) is 18.0. The first-order valence-electron chi connectivity index (χ1n) is 9.29. The molecule has 3 rings (SSSR count). The van der Waals surface area contributed by atoms with E-state index in [0.717, 1.165) is 12.1 Å². The normalized spacial score (nSPS) is 21.6. The molecule has 0 spiro atoms. The molecule has 2 amide bonds. The Kier molecular flexibility index (Phi) is 5.30. The molecule has 136 valence electrons. The predicted octanol–water partition coefficient (Wildman–Crippen LogP) is 2.43. The molecule has 0 aromatic heterocycles. The number of carbonyl (C=O) groups is 2. The van der Waals surface area contributed by atoms with Gasteiger partial charge in [-0.3, -0.25) is 9.59 Å². The van der Waals surface area contributed by atoms with E-state index in [1.54, 1.807) is 18.2 Å². The van der Waals surface area contributed by atoms with E-state index in [9.17, 15) is 14.7 Å². The van der Waals surface area contributed by atoms with Crippen LogP contribution in [0, 0.1) is 11.8 Å². The molecule has 1 saturated carbocycles. The van der Waals surface area contributed by atoms with E-state index in [0.29, 0.717) is 31.3 Å². The summed E-state index contributed by atoms with van der Waals surface area (Å²) in [6.07, 6.45) is 3.10. The van der Waals surface area contributed by atoms with Crippen LogP contribution in [-0.2, 0) is 16.0 Å². The number of carbonyl (C=O) groups excluding carboxylic acids is 2. The lowest BCUT2D eigenvalue weighted by molar-refractivity contribution is -0.134. The first kappa shape index (κ1) is 17.8. The minimum Gasteiger partial charge on any atom is -0.508 e. The second-order valence-corrected chi connectivity index (χ2v) is 7.74. The number of rotatable bonds is 5. The summed E-state index contributed by atoms with van der Waals surface area (Å²) in [5.74, 6) is 1.35. The van der Waals surface area contributed by atoms with Gasteiger partial charge in [0.05, 0.1) is 12.5 Å². The molecule has 1 aliphatic heterocycles. The van der Waals surface area contributed by atoms with Crippen molar-refractivity contribution in [3.63, 3.8) is 0 Å². The molecule has 1 aromatic rings. The number of hydrogen-bond donors (Lipinski definition) is 1. The van der Waals surface area contributed by atoms with Crippen molar-refractivity contribution in [2.45, 2.75) is 45.6 Å². The number of hydrogen-bond acceptors (Lipinski definition) is 3. The molecular formula is C20H28N2O3. The van der Waals surface area contributed by atoms with Gasteiger partial charge in [0.15, 0.2) is 0 Å². The molecule has 2 aliphatic rings. The number of amides is 2. The predicted molar refractivity (Wildman–Crippen MR) is 96.1 cm³/mol. The lowest BCUT2D eigenvalue weighted by Crippen LogP contribution is -2.48. The van der Waals surface area contributed by atoms with E-state index in [1.807, 2.05) is 15.9 Å². The van der Waals surface area contributed by atoms with Crippen LogP contribution in [0.25, 0.3) is 0 Å². The Balaban J connectivity index is 1.71. The summed E-state index contributed by atoms with van der Waals surface area (Å²) in [7, 11) is 0. The van der Waals surface area contributed by atoms with Crippen LogP contribution in [0.15, 0.2) is 24.3 Å². The standard InChI is InChI=1S/C20H28N2O3/c1-14(2)18-13-21(9-8-19(24)22(18)12-15-6-7-15)20(25)11-16-4-3-5-17(23)10-16/h3-5,10,14-15,18,23H,6-9,11-13H2,1-2H3/t18-/m1/s1. The SMILES string of the molecule is CC(C)[C@H]1CN(C(=O)Cc2cccc(O)c2)CCC(=O)N1CC1CC1. The Hall–Kier alpha value is -2.04. The molecule has 1 saturated heterocycles. The number of nitrogens with zero attached hydrogens (tertiary/aromatic N) is 2. The van der Waals surface area contributed by atoms with Gasteiger partial charge in [-0.1, -0.05) is 26.0 Å². The number of aromatic hydroxyl groups is 1. The van der Waals surface area contributed by atoms with Gasteiger partial charge in [-0.15, -0.1) is 0 Å². The molecule has 1 atom stereocenters. The van der Waals surface area contributed by atoms with Gasteiger partial charge < -0.3 is 14.9 Å². The zero-order valence-electron chi connectivity index (χ0n) is 15.1. The monoisotopic (exact) mass is 344 g/mol. The molecular weight excluding hydrogens is 316 g/mol. The van der Waals surface area contributed by atoms with E-state index in [4.69, 9.17) is 0 Å². The van der Waals surface area contributed by atoms with Gasteiger partial charge in [0.2, 0.25) is 11.8 Å². The minimum atomic E-state index is 0.0253. The maximum atomic E-state index is 12.8. The summed E-state index contributed by atoms with van der Waals surface area (Å²) in [6.45, 7) is 6.19. The minimum absolute atomic E-state index is 0.0253. The van der Waals surface area contributed by atoms with Gasteiger partial charge >= 0.3 is 0 Å². The first-order chi connectivity index (χ1) is 11.9. The quantitative estimate of drug-likeness (QED) is 0.892. The first-order valence-corrected chi connectivity index (χ1v) is 9.29. The fourth-order valence-electron chi connectivity index (χ4n) is 3.54. The second kappa shape index (κ2) is 7.46. The number of phenols is 1. The lowest BCUT2D eigenvalue weighted by atomic mass is 10.0. The molecule has 1 heterocycles. The van der Waals surface area contributed by atoms with Gasteiger partial charge in [0.25, 0.3) is 0 Å². The summed E-state index contributed by atoms with van der Waals surface area (Å²) < 4.78 is 0. The van der Waals surface area contributed by atoms with E-state index >= 15 is 0 Å². The van der Waals surface area contributed by atoms with Gasteiger partial charge in [0.1, 0.15) is 5.75 Å². The highest BCUT2D eigenvalue weighted by atomic mass is 16.3. The Morgan fingerprint density at radius 2 is 2.08 bits per heavy atom. The van der Waals surface area contributed by atoms with E-state index < -0.39 is 0 Å². The molecule has 0 unspecified atom stereocenters. The smallest absolute Gasteiger partial charge is 0.227 e. The number of benzene rings is 1. The van der Waals surface area contributed by atoms with Crippen LogP contribution < -0.4 is 0 Å². The molecule has 0 bridgehead atoms. The lowest BCUT2D eigenvalue weighted by Gasteiger charge is -2.34. The fraction of sp³-hybridized carbons (Fsp3) is 0.600. The van der Waals surface area contributed by atoms with E-state index in [2.05, 4.69) is 13.8 Å². The fourth-order valence-corrected chi connectivity index (χ4v) is 3.54. The maximum Gasteiger partial charge on any atom is 0.227 e. The summed E-state index contributed by atoms with van der Waals surface area (Å²) in [4.78, 5) is 29.2. The van der Waals surface area contributed by atoms with Crippen LogP contribution in [0.4, 0.5) is 0 Å². The van der Waals surface area contributed by atoms with Crippen LogP contribution in [-0.4, -0.2) is 52.4 Å². The van der Waals surface area contributed by atoms with Crippen molar-refractivity contribution in [2.75, 3.05) is 19.6 Å². The molecule has 5 nitrogen and oxygen atoms in total. The average Bonchev–Trinajstić information content (AvgIpc) is 3.37. The van der Waals surface area contributed by atoms with Crippen molar-refractivity contribution < 1.29 is 14.7 Å². The van der Waals surface area contributed by atoms with Gasteiger partial charge in [0, 0.05) is 26.1 Å². The molecule has 1 aromatic carbocycles. The molecule has 25 heavy (non-hydrogen) atoms. The maximum absolute atomic E-state index is 12.8. The number of phenolic OH excluding ortho intramolecular Hbond substituents is 1. The van der Waals surface area contributed by atoms with Crippen LogP contribution >= 0.6 is 0 Å². The highest BCUT2D eigenvalue weighted by Gasteiger charge is 2.36. The molecule has 1 N–H and O–H groups in total. The van der Waals surface area contributed by atoms with Crippen LogP contribution in [0.1, 0.15) is 38.7 Å². The van der Waals surface area contributed by atoms with Crippen molar-refractivity contribution in [3.05, 3.63) is 29.8 Å². The van der Waals surface area contributed by atoms with Gasteiger partial charge in [-0.05, 0) is 42.4 Å². The second-order valence-electron chi connectivity index (χ2n) is 7.74. The highest BCUT2D eigenvalue weighted by Crippen LogP contribution is 2.32. The van der Waals surface area contributed by atoms with Gasteiger partial charge in [-0.25, -0.2) is 0 Å². The summed E-state index contributed by atoms with van der Waals surface area (Å²) in [5.41, 5.74) is 0.802. The van der Waals surface area contributed by atoms with Crippen molar-refractivity contribution in [2.24, 2.45) is 11.8 Å². The third-order valence-electron chi connectivity index (χ3n) is 5.26. The Labute approximate surface area is 149 Å². The van der Waals surface area contributed by atoms with Crippen molar-refractivity contribution in [1.29, 1.82) is 0 Å². The van der Waals surface area contributed by atoms with Crippen LogP contribution in [0.5, 0.6) is 5.75 Å². The third kappa shape index (κ3) is 4.53. The molecule has 1 aliphatic carbocycles. The summed E-state index contributed by atoms with van der Waals surface area (Å²) >= 11 is 0. The zero-order valence-corrected chi connectivity index (χ0v) is 15.1. The summed E-state index contributed by atoms with van der Waals surface area (Å²) in [5, 5.41) is 9.58. The van der Waals surface area contributed by atoms with E-state index in [1.165, 1.54) is 12.8 Å². The van der Waals surface area contributed by atoms with Crippen molar-refractivity contribution in [1.82, 2.24) is 9.80 Å². The molecule has 2 fully saturated rings. The Morgan fingerprint density at radius 1 is 1.32 bits per heavy atom. The molecule has 5 heteroatoms. The topological polar surface area (TPSA) is 60.9 Å². The van der Waals surface area contributed by atoms with Crippen LogP contribution in [0.3, 0.4) is 0 Å². The highest BCUT2D eigenvalue weighted by molar-refractivity contribution is 5.82. The average molecular weight is 344 g/mol. The largest absolute Gasteiger partial charge is 0.508 e. The summed E-state index contributed by atoms with van der Waals surface area (Å²) in [6, 6.07) is 6.91. The van der Waals surface area contributed by atoms with Crippen molar-refractivity contribution in [3.8, 4) is 5.75 Å². The molecule has 0 radical (unpaired) electrons.